The summed E-state index contributed by atoms with van der Waals surface area (Å²) in [6.45, 7) is 0.627. The molecule has 0 saturated carbocycles. The Morgan fingerprint density at radius 2 is 1.93 bits per heavy atom. The number of ether oxygens (including phenoxy) is 2. The number of hydrogen-bond acceptors (Lipinski definition) is 4. The first-order valence-electron chi connectivity index (χ1n) is 8.55. The Bertz CT molecular complexity index is 753. The minimum absolute atomic E-state index is 0.0346. The Labute approximate surface area is 164 Å². The molecule has 0 aromatic heterocycles. The minimum atomic E-state index is -0.432. The smallest absolute Gasteiger partial charge is 0.223 e. The summed E-state index contributed by atoms with van der Waals surface area (Å²) >= 11 is 5.89. The predicted octanol–water partition coefficient (Wildman–Crippen LogP) is 3.68. The molecule has 5 nitrogen and oxygen atoms in total. The summed E-state index contributed by atoms with van der Waals surface area (Å²) in [7, 11) is 5.54. The van der Waals surface area contributed by atoms with Gasteiger partial charge in [0.25, 0.3) is 0 Å². The first-order valence-corrected chi connectivity index (χ1v) is 8.93. The lowest BCUT2D eigenvalue weighted by Crippen LogP contribution is -2.35. The number of methoxy groups -OCH3 is 1. The number of carbonyl (C=O) groups excluding carboxylic acids is 1. The number of hydrogen-bond donors (Lipinski definition) is 1. The topological polar surface area (TPSA) is 50.8 Å². The third kappa shape index (κ3) is 6.41. The van der Waals surface area contributed by atoms with E-state index in [-0.39, 0.29) is 30.0 Å². The van der Waals surface area contributed by atoms with Crippen LogP contribution in [-0.4, -0.2) is 45.2 Å². The van der Waals surface area contributed by atoms with Gasteiger partial charge in [-0.1, -0.05) is 23.7 Å². The van der Waals surface area contributed by atoms with Crippen LogP contribution in [0.2, 0.25) is 5.02 Å². The van der Waals surface area contributed by atoms with Crippen molar-refractivity contribution in [3.8, 4) is 11.5 Å². The van der Waals surface area contributed by atoms with Gasteiger partial charge in [-0.05, 0) is 50.0 Å². The largest absolute Gasteiger partial charge is 0.497 e. The Morgan fingerprint density at radius 1 is 1.22 bits per heavy atom. The molecule has 2 rings (SSSR count). The lowest BCUT2D eigenvalue weighted by atomic mass is 10.1. The summed E-state index contributed by atoms with van der Waals surface area (Å²) in [6, 6.07) is 11.7. The second kappa shape index (κ2) is 10.1. The highest BCUT2D eigenvalue weighted by Crippen LogP contribution is 2.25. The molecule has 0 fully saturated rings. The molecule has 27 heavy (non-hydrogen) atoms. The van der Waals surface area contributed by atoms with Gasteiger partial charge < -0.3 is 19.7 Å². The predicted molar refractivity (Wildman–Crippen MR) is 104 cm³/mol. The number of nitrogens with one attached hydrogen (secondary N) is 1. The molecule has 0 heterocycles. The molecule has 0 aliphatic rings. The monoisotopic (exact) mass is 394 g/mol. The SMILES string of the molecule is COc1ccc(C(CNC(=O)CCOc2ccc(F)cc2Cl)N(C)C)cc1. The van der Waals surface area contributed by atoms with E-state index in [4.69, 9.17) is 21.1 Å². The molecule has 1 unspecified atom stereocenters. The molecule has 1 atom stereocenters. The zero-order chi connectivity index (χ0) is 19.8. The Hall–Kier alpha value is -2.31. The van der Waals surface area contributed by atoms with Crippen LogP contribution >= 0.6 is 11.6 Å². The van der Waals surface area contributed by atoms with Gasteiger partial charge in [-0.2, -0.15) is 0 Å². The van der Waals surface area contributed by atoms with Crippen molar-refractivity contribution in [3.05, 3.63) is 58.9 Å². The lowest BCUT2D eigenvalue weighted by molar-refractivity contribution is -0.121. The van der Waals surface area contributed by atoms with Crippen LogP contribution in [0.5, 0.6) is 11.5 Å². The van der Waals surface area contributed by atoms with Gasteiger partial charge in [0.05, 0.1) is 31.2 Å². The highest BCUT2D eigenvalue weighted by molar-refractivity contribution is 6.32. The average molecular weight is 395 g/mol. The minimum Gasteiger partial charge on any atom is -0.497 e. The van der Waals surface area contributed by atoms with Crippen molar-refractivity contribution in [1.29, 1.82) is 0 Å². The zero-order valence-corrected chi connectivity index (χ0v) is 16.4. The van der Waals surface area contributed by atoms with Crippen molar-refractivity contribution >= 4 is 17.5 Å². The summed E-state index contributed by atoms with van der Waals surface area (Å²) in [5.74, 6) is 0.583. The van der Waals surface area contributed by atoms with E-state index in [1.165, 1.54) is 18.2 Å². The van der Waals surface area contributed by atoms with Crippen molar-refractivity contribution in [2.45, 2.75) is 12.5 Å². The summed E-state index contributed by atoms with van der Waals surface area (Å²) in [4.78, 5) is 14.1. The summed E-state index contributed by atoms with van der Waals surface area (Å²) in [5.41, 5.74) is 1.08. The fraction of sp³-hybridized carbons (Fsp3) is 0.350. The van der Waals surface area contributed by atoms with E-state index in [1.54, 1.807) is 7.11 Å². The van der Waals surface area contributed by atoms with Crippen LogP contribution in [0.4, 0.5) is 4.39 Å². The van der Waals surface area contributed by atoms with Gasteiger partial charge in [-0.3, -0.25) is 4.79 Å². The van der Waals surface area contributed by atoms with E-state index in [2.05, 4.69) is 5.32 Å². The van der Waals surface area contributed by atoms with E-state index in [0.29, 0.717) is 12.3 Å². The van der Waals surface area contributed by atoms with Crippen LogP contribution in [0.15, 0.2) is 42.5 Å². The molecule has 0 aliphatic carbocycles. The van der Waals surface area contributed by atoms with Gasteiger partial charge in [0, 0.05) is 6.54 Å². The maximum Gasteiger partial charge on any atom is 0.223 e. The molecule has 0 saturated heterocycles. The van der Waals surface area contributed by atoms with Crippen LogP contribution in [0.3, 0.4) is 0 Å². The van der Waals surface area contributed by atoms with Crippen molar-refractivity contribution < 1.29 is 18.7 Å². The molecule has 2 aromatic carbocycles. The molecule has 0 radical (unpaired) electrons. The van der Waals surface area contributed by atoms with Crippen LogP contribution in [0.25, 0.3) is 0 Å². The number of carbonyl (C=O) groups is 1. The number of halogens is 2. The molecule has 146 valence electrons. The summed E-state index contributed by atoms with van der Waals surface area (Å²) < 4.78 is 23.6. The van der Waals surface area contributed by atoms with Crippen molar-refractivity contribution in [1.82, 2.24) is 10.2 Å². The average Bonchev–Trinajstić information content (AvgIpc) is 2.64. The third-order valence-corrected chi connectivity index (χ3v) is 4.39. The molecule has 2 aromatic rings. The summed E-state index contributed by atoms with van der Waals surface area (Å²) in [5, 5.41) is 3.10. The molecule has 7 heteroatoms. The van der Waals surface area contributed by atoms with E-state index in [9.17, 15) is 9.18 Å². The second-order valence-electron chi connectivity index (χ2n) is 6.23. The molecule has 0 bridgehead atoms. The maximum absolute atomic E-state index is 13.0. The number of amides is 1. The highest BCUT2D eigenvalue weighted by Gasteiger charge is 2.15. The van der Waals surface area contributed by atoms with Gasteiger partial charge in [0.15, 0.2) is 0 Å². The van der Waals surface area contributed by atoms with Crippen LogP contribution in [-0.2, 0) is 4.79 Å². The van der Waals surface area contributed by atoms with Gasteiger partial charge in [0.2, 0.25) is 5.91 Å². The highest BCUT2D eigenvalue weighted by atomic mass is 35.5. The Kier molecular flexibility index (Phi) is 7.88. The lowest BCUT2D eigenvalue weighted by Gasteiger charge is -2.25. The maximum atomic E-state index is 13.0. The number of benzene rings is 2. The zero-order valence-electron chi connectivity index (χ0n) is 15.7. The number of nitrogens with zero attached hydrogens (tertiary/aromatic N) is 1. The number of likely N-dealkylation sites (N-methyl/N-ethyl adjacent to an activating group) is 1. The molecule has 0 aliphatic heterocycles. The van der Waals surface area contributed by atoms with E-state index < -0.39 is 5.82 Å². The molecule has 0 spiro atoms. The molecule has 1 N–H and O–H groups in total. The fourth-order valence-corrected chi connectivity index (χ4v) is 2.79. The summed E-state index contributed by atoms with van der Waals surface area (Å²) in [6.07, 6.45) is 0.177. The Balaban J connectivity index is 1.82. The van der Waals surface area contributed by atoms with Crippen LogP contribution < -0.4 is 14.8 Å². The standard InChI is InChI=1S/C20H24ClFN2O3/c1-24(2)18(14-4-7-16(26-3)8-5-14)13-23-20(25)10-11-27-19-9-6-15(22)12-17(19)21/h4-9,12,18H,10-11,13H2,1-3H3,(H,23,25). The van der Waals surface area contributed by atoms with Crippen LogP contribution in [0, 0.1) is 5.82 Å². The van der Waals surface area contributed by atoms with Gasteiger partial charge >= 0.3 is 0 Å². The quantitative estimate of drug-likeness (QED) is 0.705. The van der Waals surface area contributed by atoms with Gasteiger partial charge in [0.1, 0.15) is 17.3 Å². The van der Waals surface area contributed by atoms with Gasteiger partial charge in [-0.15, -0.1) is 0 Å². The van der Waals surface area contributed by atoms with Crippen molar-refractivity contribution in [2.24, 2.45) is 0 Å². The first-order chi connectivity index (χ1) is 12.9. The fourth-order valence-electron chi connectivity index (χ4n) is 2.57. The Morgan fingerprint density at radius 3 is 2.52 bits per heavy atom. The van der Waals surface area contributed by atoms with Crippen LogP contribution in [0.1, 0.15) is 18.0 Å². The van der Waals surface area contributed by atoms with E-state index >= 15 is 0 Å². The van der Waals surface area contributed by atoms with Crippen molar-refractivity contribution in [3.63, 3.8) is 0 Å². The number of rotatable bonds is 9. The van der Waals surface area contributed by atoms with Gasteiger partial charge in [-0.25, -0.2) is 4.39 Å². The van der Waals surface area contributed by atoms with Crippen molar-refractivity contribution in [2.75, 3.05) is 34.4 Å². The molecule has 1 amide bonds. The van der Waals surface area contributed by atoms with E-state index in [1.807, 2.05) is 43.3 Å². The molecular formula is C20H24ClFN2O3. The first kappa shape index (κ1) is 21.0. The normalized spacial score (nSPS) is 11.9. The third-order valence-electron chi connectivity index (χ3n) is 4.10. The molecular weight excluding hydrogens is 371 g/mol. The second-order valence-corrected chi connectivity index (χ2v) is 6.64. The van der Waals surface area contributed by atoms with E-state index in [0.717, 1.165) is 11.3 Å².